The summed E-state index contributed by atoms with van der Waals surface area (Å²) in [6.45, 7) is 0.285. The fourth-order valence-electron chi connectivity index (χ4n) is 2.86. The third-order valence-electron chi connectivity index (χ3n) is 4.62. The molecule has 0 saturated carbocycles. The molecule has 32 heavy (non-hydrogen) atoms. The number of benzene rings is 3. The SMILES string of the molecule is COc1ccc(CCNC(=O)COC(=O)c2cccc(OCc3ccc(F)cc3)c2)cc1. The number of hydrogen-bond donors (Lipinski definition) is 1. The lowest BCUT2D eigenvalue weighted by Gasteiger charge is -2.09. The average molecular weight is 437 g/mol. The van der Waals surface area contributed by atoms with Crippen LogP contribution in [0.3, 0.4) is 0 Å². The fourth-order valence-corrected chi connectivity index (χ4v) is 2.86. The van der Waals surface area contributed by atoms with Gasteiger partial charge in [0.1, 0.15) is 23.9 Å². The second kappa shape index (κ2) is 11.5. The molecule has 1 N–H and O–H groups in total. The van der Waals surface area contributed by atoms with Crippen LogP contribution in [0.15, 0.2) is 72.8 Å². The van der Waals surface area contributed by atoms with Crippen LogP contribution in [0, 0.1) is 5.82 Å². The van der Waals surface area contributed by atoms with Crippen molar-refractivity contribution in [3.05, 3.63) is 95.3 Å². The molecule has 0 heterocycles. The van der Waals surface area contributed by atoms with E-state index in [1.54, 1.807) is 37.4 Å². The van der Waals surface area contributed by atoms with Gasteiger partial charge < -0.3 is 19.5 Å². The Labute approximate surface area is 185 Å². The van der Waals surface area contributed by atoms with Gasteiger partial charge in [0, 0.05) is 6.54 Å². The molecule has 0 fully saturated rings. The predicted octanol–water partition coefficient (Wildman–Crippen LogP) is 3.93. The molecule has 0 atom stereocenters. The first-order chi connectivity index (χ1) is 15.5. The molecule has 166 valence electrons. The van der Waals surface area contributed by atoms with Crippen molar-refractivity contribution in [2.45, 2.75) is 13.0 Å². The van der Waals surface area contributed by atoms with Crippen LogP contribution in [0.4, 0.5) is 4.39 Å². The van der Waals surface area contributed by atoms with Gasteiger partial charge >= 0.3 is 5.97 Å². The van der Waals surface area contributed by atoms with Crippen LogP contribution in [0.1, 0.15) is 21.5 Å². The molecule has 0 aromatic heterocycles. The first-order valence-electron chi connectivity index (χ1n) is 10.1. The van der Waals surface area contributed by atoms with Crippen LogP contribution < -0.4 is 14.8 Å². The van der Waals surface area contributed by atoms with Crippen molar-refractivity contribution < 1.29 is 28.2 Å². The minimum absolute atomic E-state index is 0.232. The summed E-state index contributed by atoms with van der Waals surface area (Å²) in [7, 11) is 1.60. The number of rotatable bonds is 10. The summed E-state index contributed by atoms with van der Waals surface area (Å²) in [6.07, 6.45) is 0.650. The van der Waals surface area contributed by atoms with Crippen LogP contribution in [-0.4, -0.2) is 32.1 Å². The molecule has 0 aliphatic rings. The summed E-state index contributed by atoms with van der Waals surface area (Å²) in [5.41, 5.74) is 2.12. The van der Waals surface area contributed by atoms with Crippen LogP contribution >= 0.6 is 0 Å². The molecule has 3 aromatic carbocycles. The Morgan fingerprint density at radius 3 is 2.34 bits per heavy atom. The summed E-state index contributed by atoms with van der Waals surface area (Å²) in [5, 5.41) is 2.72. The number of halogens is 1. The summed E-state index contributed by atoms with van der Waals surface area (Å²) in [5.74, 6) is -0.0799. The van der Waals surface area contributed by atoms with Gasteiger partial charge in [-0.3, -0.25) is 4.79 Å². The van der Waals surface area contributed by atoms with Crippen molar-refractivity contribution in [1.29, 1.82) is 0 Å². The average Bonchev–Trinajstić information content (AvgIpc) is 2.83. The largest absolute Gasteiger partial charge is 0.497 e. The molecule has 0 spiro atoms. The van der Waals surface area contributed by atoms with Crippen LogP contribution in [0.5, 0.6) is 11.5 Å². The van der Waals surface area contributed by atoms with Gasteiger partial charge in [0.25, 0.3) is 5.91 Å². The van der Waals surface area contributed by atoms with Crippen molar-refractivity contribution in [3.8, 4) is 11.5 Å². The number of methoxy groups -OCH3 is 1. The van der Waals surface area contributed by atoms with Gasteiger partial charge in [-0.2, -0.15) is 0 Å². The lowest BCUT2D eigenvalue weighted by Crippen LogP contribution is -2.30. The quantitative estimate of drug-likeness (QED) is 0.487. The normalized spacial score (nSPS) is 10.3. The van der Waals surface area contributed by atoms with E-state index in [2.05, 4.69) is 5.32 Å². The van der Waals surface area contributed by atoms with E-state index in [0.717, 1.165) is 16.9 Å². The monoisotopic (exact) mass is 437 g/mol. The molecule has 0 bridgehead atoms. The Hall–Kier alpha value is -3.87. The molecule has 6 nitrogen and oxygen atoms in total. The van der Waals surface area contributed by atoms with Crippen molar-refractivity contribution in [1.82, 2.24) is 5.32 Å². The molecular weight excluding hydrogens is 413 g/mol. The fraction of sp³-hybridized carbons (Fsp3) is 0.200. The molecule has 0 radical (unpaired) electrons. The van der Waals surface area contributed by atoms with Gasteiger partial charge in [0.2, 0.25) is 0 Å². The third-order valence-corrected chi connectivity index (χ3v) is 4.62. The Kier molecular flexibility index (Phi) is 8.20. The summed E-state index contributed by atoms with van der Waals surface area (Å²) in [4.78, 5) is 24.2. The third kappa shape index (κ3) is 7.12. The minimum Gasteiger partial charge on any atom is -0.497 e. The highest BCUT2D eigenvalue weighted by Crippen LogP contribution is 2.16. The van der Waals surface area contributed by atoms with Crippen LogP contribution in [-0.2, 0) is 22.6 Å². The lowest BCUT2D eigenvalue weighted by molar-refractivity contribution is -0.124. The molecule has 7 heteroatoms. The maximum Gasteiger partial charge on any atom is 0.338 e. The highest BCUT2D eigenvalue weighted by Gasteiger charge is 2.11. The van der Waals surface area contributed by atoms with E-state index in [0.29, 0.717) is 18.7 Å². The molecule has 0 aliphatic heterocycles. The molecule has 3 aromatic rings. The van der Waals surface area contributed by atoms with Crippen molar-refractivity contribution in [2.75, 3.05) is 20.3 Å². The van der Waals surface area contributed by atoms with Crippen LogP contribution in [0.25, 0.3) is 0 Å². The zero-order chi connectivity index (χ0) is 22.8. The zero-order valence-corrected chi connectivity index (χ0v) is 17.7. The number of esters is 1. The number of carbonyl (C=O) groups excluding carboxylic acids is 2. The number of ether oxygens (including phenoxy) is 3. The lowest BCUT2D eigenvalue weighted by atomic mass is 10.1. The van der Waals surface area contributed by atoms with E-state index in [1.807, 2.05) is 24.3 Å². The van der Waals surface area contributed by atoms with E-state index in [1.165, 1.54) is 18.2 Å². The molecule has 0 aliphatic carbocycles. The number of carbonyl (C=O) groups is 2. The van der Waals surface area contributed by atoms with E-state index in [4.69, 9.17) is 14.2 Å². The van der Waals surface area contributed by atoms with E-state index in [-0.39, 0.29) is 30.5 Å². The maximum atomic E-state index is 13.0. The van der Waals surface area contributed by atoms with Gasteiger partial charge in [-0.1, -0.05) is 30.3 Å². The summed E-state index contributed by atoms with van der Waals surface area (Å²) >= 11 is 0. The van der Waals surface area contributed by atoms with Crippen molar-refractivity contribution >= 4 is 11.9 Å². The van der Waals surface area contributed by atoms with Gasteiger partial charge in [-0.05, 0) is 60.0 Å². The predicted molar refractivity (Wildman–Crippen MR) is 117 cm³/mol. The Balaban J connectivity index is 1.41. The summed E-state index contributed by atoms with van der Waals surface area (Å²) < 4.78 is 28.8. The maximum absolute atomic E-state index is 13.0. The Bertz CT molecular complexity index is 1030. The topological polar surface area (TPSA) is 73.9 Å². The molecule has 1 amide bonds. The second-order valence-corrected chi connectivity index (χ2v) is 6.97. The Morgan fingerprint density at radius 1 is 0.906 bits per heavy atom. The standard InChI is InChI=1S/C25H24FNO5/c1-30-22-11-7-18(8-12-22)13-14-27-24(28)17-32-25(29)20-3-2-4-23(15-20)31-16-19-5-9-21(26)10-6-19/h2-12,15H,13-14,16-17H2,1H3,(H,27,28). The van der Waals surface area contributed by atoms with Crippen LogP contribution in [0.2, 0.25) is 0 Å². The van der Waals surface area contributed by atoms with Crippen molar-refractivity contribution in [3.63, 3.8) is 0 Å². The number of amides is 1. The minimum atomic E-state index is -0.623. The van der Waals surface area contributed by atoms with Gasteiger partial charge in [0.05, 0.1) is 12.7 Å². The van der Waals surface area contributed by atoms with Gasteiger partial charge in [-0.15, -0.1) is 0 Å². The second-order valence-electron chi connectivity index (χ2n) is 6.97. The molecular formula is C25H24FNO5. The van der Waals surface area contributed by atoms with E-state index in [9.17, 15) is 14.0 Å². The number of hydrogen-bond acceptors (Lipinski definition) is 5. The smallest absolute Gasteiger partial charge is 0.338 e. The first-order valence-corrected chi connectivity index (χ1v) is 10.1. The molecule has 0 saturated heterocycles. The van der Waals surface area contributed by atoms with E-state index >= 15 is 0 Å². The summed E-state index contributed by atoms with van der Waals surface area (Å²) in [6, 6.07) is 20.0. The van der Waals surface area contributed by atoms with Gasteiger partial charge in [-0.25, -0.2) is 9.18 Å². The molecule has 0 unspecified atom stereocenters. The Morgan fingerprint density at radius 2 is 1.62 bits per heavy atom. The highest BCUT2D eigenvalue weighted by atomic mass is 19.1. The molecule has 3 rings (SSSR count). The van der Waals surface area contributed by atoms with Gasteiger partial charge in [0.15, 0.2) is 6.61 Å². The zero-order valence-electron chi connectivity index (χ0n) is 17.7. The van der Waals surface area contributed by atoms with E-state index < -0.39 is 5.97 Å². The first kappa shape index (κ1) is 22.8. The van der Waals surface area contributed by atoms with Crippen molar-refractivity contribution in [2.24, 2.45) is 0 Å². The highest BCUT2D eigenvalue weighted by molar-refractivity contribution is 5.91. The number of nitrogens with one attached hydrogen (secondary N) is 1.